The van der Waals surface area contributed by atoms with E-state index in [9.17, 15) is 10.1 Å². The van der Waals surface area contributed by atoms with Gasteiger partial charge in [0.1, 0.15) is 0 Å². The normalized spacial score (nSPS) is 10.0. The number of nitrogens with zero attached hydrogens (tertiary/aromatic N) is 3. The van der Waals surface area contributed by atoms with E-state index in [1.54, 1.807) is 24.3 Å². The molecule has 1 aromatic carbocycles. The smallest absolute Gasteiger partial charge is 0.355 e. The van der Waals surface area contributed by atoms with Crippen LogP contribution in [0.4, 0.5) is 6.01 Å². The van der Waals surface area contributed by atoms with Gasteiger partial charge in [0.05, 0.1) is 0 Å². The van der Waals surface area contributed by atoms with Crippen molar-refractivity contribution in [3.63, 3.8) is 0 Å². The van der Waals surface area contributed by atoms with Crippen molar-refractivity contribution in [2.24, 2.45) is 0 Å². The first kappa shape index (κ1) is 8.36. The predicted octanol–water partition coefficient (Wildman–Crippen LogP) is 1.64. The Morgan fingerprint density at radius 2 is 2.00 bits per heavy atom. The lowest BCUT2D eigenvalue weighted by Gasteiger charge is -1.85. The van der Waals surface area contributed by atoms with Crippen molar-refractivity contribution in [3.8, 4) is 11.4 Å². The molecule has 0 amide bonds. The molecular formula is C8H5N3O3. The lowest BCUT2D eigenvalue weighted by atomic mass is 10.2. The lowest BCUT2D eigenvalue weighted by Crippen LogP contribution is -1.87. The summed E-state index contributed by atoms with van der Waals surface area (Å²) in [5.41, 5.74) is 0.685. The monoisotopic (exact) mass is 191 g/mol. The molecule has 0 aliphatic carbocycles. The molecule has 1 heterocycles. The molecule has 0 N–H and O–H groups in total. The van der Waals surface area contributed by atoms with Crippen LogP contribution < -0.4 is 0 Å². The number of hydrogen-bond donors (Lipinski definition) is 0. The molecule has 0 aliphatic heterocycles. The summed E-state index contributed by atoms with van der Waals surface area (Å²) in [7, 11) is 0. The van der Waals surface area contributed by atoms with Crippen LogP contribution in [-0.4, -0.2) is 15.1 Å². The summed E-state index contributed by atoms with van der Waals surface area (Å²) in [5.74, 6) is 0.220. The lowest BCUT2D eigenvalue weighted by molar-refractivity contribution is -0.408. The van der Waals surface area contributed by atoms with Crippen LogP contribution in [0.1, 0.15) is 0 Å². The minimum atomic E-state index is -0.723. The second kappa shape index (κ2) is 3.25. The molecule has 2 rings (SSSR count). The van der Waals surface area contributed by atoms with Crippen molar-refractivity contribution >= 4 is 6.01 Å². The Kier molecular flexibility index (Phi) is 1.94. The third-order valence-electron chi connectivity index (χ3n) is 1.60. The summed E-state index contributed by atoms with van der Waals surface area (Å²) < 4.78 is 4.42. The summed E-state index contributed by atoms with van der Waals surface area (Å²) in [6.45, 7) is 0. The Morgan fingerprint density at radius 3 is 2.57 bits per heavy atom. The first-order valence-electron chi connectivity index (χ1n) is 3.81. The number of rotatable bonds is 2. The van der Waals surface area contributed by atoms with Gasteiger partial charge in [0.25, 0.3) is 0 Å². The van der Waals surface area contributed by atoms with Crippen LogP contribution in [0.15, 0.2) is 34.9 Å². The highest BCUT2D eigenvalue weighted by Crippen LogP contribution is 2.17. The van der Waals surface area contributed by atoms with Gasteiger partial charge in [-0.25, -0.2) is 0 Å². The molecule has 14 heavy (non-hydrogen) atoms. The molecule has 0 fully saturated rings. The minimum Gasteiger partial charge on any atom is -0.355 e. The predicted molar refractivity (Wildman–Crippen MR) is 46.4 cm³/mol. The zero-order valence-electron chi connectivity index (χ0n) is 6.95. The van der Waals surface area contributed by atoms with Crippen LogP contribution in [0.5, 0.6) is 0 Å². The molecule has 0 atom stereocenters. The minimum absolute atomic E-state index is 0.220. The fourth-order valence-corrected chi connectivity index (χ4v) is 0.994. The fourth-order valence-electron chi connectivity index (χ4n) is 0.994. The molecule has 70 valence electrons. The molecule has 2 aromatic rings. The van der Waals surface area contributed by atoms with E-state index in [4.69, 9.17) is 0 Å². The van der Waals surface area contributed by atoms with Crippen molar-refractivity contribution in [2.75, 3.05) is 0 Å². The molecule has 0 bridgehead atoms. The molecule has 0 saturated heterocycles. The van der Waals surface area contributed by atoms with Crippen molar-refractivity contribution in [1.82, 2.24) is 10.1 Å². The van der Waals surface area contributed by atoms with Gasteiger partial charge in [-0.15, -0.1) is 0 Å². The van der Waals surface area contributed by atoms with E-state index in [0.717, 1.165) is 0 Å². The zero-order chi connectivity index (χ0) is 9.97. The Bertz CT molecular complexity index is 452. The Morgan fingerprint density at radius 1 is 1.29 bits per heavy atom. The summed E-state index contributed by atoms with van der Waals surface area (Å²) in [6, 6.07) is 8.31. The molecule has 0 spiro atoms. The third kappa shape index (κ3) is 1.45. The number of nitro groups is 1. The molecular weight excluding hydrogens is 186 g/mol. The average Bonchev–Trinajstić information content (AvgIpc) is 2.68. The summed E-state index contributed by atoms with van der Waals surface area (Å²) in [4.78, 5) is 13.1. The molecule has 0 saturated carbocycles. The standard InChI is InChI=1S/C8H5N3O3/c12-11(13)8-9-7(10-14-8)6-4-2-1-3-5-6/h1-5H. The highest BCUT2D eigenvalue weighted by atomic mass is 16.7. The Labute approximate surface area is 78.3 Å². The van der Waals surface area contributed by atoms with Gasteiger partial charge in [-0.3, -0.25) is 4.52 Å². The largest absolute Gasteiger partial charge is 0.569 e. The van der Waals surface area contributed by atoms with Crippen LogP contribution in [0.25, 0.3) is 11.4 Å². The average molecular weight is 191 g/mol. The van der Waals surface area contributed by atoms with Crippen LogP contribution in [0, 0.1) is 10.1 Å². The maximum atomic E-state index is 10.3. The number of hydrogen-bond acceptors (Lipinski definition) is 5. The van der Waals surface area contributed by atoms with E-state index >= 15 is 0 Å². The molecule has 0 aliphatic rings. The molecule has 6 heteroatoms. The first-order valence-corrected chi connectivity index (χ1v) is 3.81. The van der Waals surface area contributed by atoms with Gasteiger partial charge >= 0.3 is 11.8 Å². The second-order valence-electron chi connectivity index (χ2n) is 2.52. The van der Waals surface area contributed by atoms with Crippen molar-refractivity contribution in [3.05, 3.63) is 40.4 Å². The zero-order valence-corrected chi connectivity index (χ0v) is 6.95. The maximum Gasteiger partial charge on any atom is 0.569 e. The fraction of sp³-hybridized carbons (Fsp3) is 0. The number of aromatic nitrogens is 2. The summed E-state index contributed by atoms with van der Waals surface area (Å²) >= 11 is 0. The third-order valence-corrected chi connectivity index (χ3v) is 1.60. The van der Waals surface area contributed by atoms with E-state index in [2.05, 4.69) is 14.7 Å². The molecule has 6 nitrogen and oxygen atoms in total. The van der Waals surface area contributed by atoms with E-state index in [-0.39, 0.29) is 5.82 Å². The van der Waals surface area contributed by atoms with Gasteiger partial charge in [-0.1, -0.05) is 18.2 Å². The highest BCUT2D eigenvalue weighted by Gasteiger charge is 2.19. The first-order chi connectivity index (χ1) is 6.77. The van der Waals surface area contributed by atoms with Gasteiger partial charge in [-0.2, -0.15) is 0 Å². The quantitative estimate of drug-likeness (QED) is 0.532. The molecule has 1 aromatic heterocycles. The van der Waals surface area contributed by atoms with Crippen molar-refractivity contribution < 1.29 is 9.45 Å². The summed E-state index contributed by atoms with van der Waals surface area (Å²) in [6.07, 6.45) is 0. The Hall–Kier alpha value is -2.24. The van der Waals surface area contributed by atoms with E-state index in [1.807, 2.05) is 6.07 Å². The topological polar surface area (TPSA) is 82.1 Å². The van der Waals surface area contributed by atoms with Crippen molar-refractivity contribution in [2.45, 2.75) is 0 Å². The van der Waals surface area contributed by atoms with Crippen LogP contribution in [0.3, 0.4) is 0 Å². The van der Waals surface area contributed by atoms with E-state index in [1.165, 1.54) is 0 Å². The van der Waals surface area contributed by atoms with Crippen molar-refractivity contribution in [1.29, 1.82) is 0 Å². The van der Waals surface area contributed by atoms with E-state index in [0.29, 0.717) is 5.56 Å². The SMILES string of the molecule is O=[N+]([O-])c1nc(-c2ccccc2)no1. The van der Waals surface area contributed by atoms with E-state index < -0.39 is 10.9 Å². The summed E-state index contributed by atoms with van der Waals surface area (Å²) in [5, 5.41) is 13.7. The van der Waals surface area contributed by atoms with Crippen LogP contribution in [-0.2, 0) is 0 Å². The Balaban J connectivity index is 2.39. The van der Waals surface area contributed by atoms with Crippen LogP contribution in [0.2, 0.25) is 0 Å². The number of benzene rings is 1. The van der Waals surface area contributed by atoms with Crippen LogP contribution >= 0.6 is 0 Å². The molecule has 0 radical (unpaired) electrons. The molecule has 0 unspecified atom stereocenters. The highest BCUT2D eigenvalue weighted by molar-refractivity contribution is 5.54. The van der Waals surface area contributed by atoms with Gasteiger partial charge in [0, 0.05) is 15.5 Å². The maximum absolute atomic E-state index is 10.3. The van der Waals surface area contributed by atoms with Gasteiger partial charge in [-0.05, 0) is 17.3 Å². The van der Waals surface area contributed by atoms with Gasteiger partial charge in [0.15, 0.2) is 0 Å². The van der Waals surface area contributed by atoms with Gasteiger partial charge in [0.2, 0.25) is 0 Å². The second-order valence-corrected chi connectivity index (χ2v) is 2.52. The van der Waals surface area contributed by atoms with Gasteiger partial charge < -0.3 is 10.1 Å².